The van der Waals surface area contributed by atoms with Crippen LogP contribution in [0.4, 0.5) is 0 Å². The summed E-state index contributed by atoms with van der Waals surface area (Å²) in [4.78, 5) is 0. The summed E-state index contributed by atoms with van der Waals surface area (Å²) in [6.07, 6.45) is 6.44. The number of nitriles is 1. The van der Waals surface area contributed by atoms with E-state index < -0.39 is 22.5 Å². The van der Waals surface area contributed by atoms with Gasteiger partial charge in [-0.1, -0.05) is 19.4 Å². The first-order valence-corrected chi connectivity index (χ1v) is 11.2. The molecule has 0 aromatic rings. The summed E-state index contributed by atoms with van der Waals surface area (Å²) >= 11 is 0. The Morgan fingerprint density at radius 1 is 1.39 bits per heavy atom. The number of hydrogen-bond donors (Lipinski definition) is 3. The molecule has 3 rings (SSSR count). The lowest BCUT2D eigenvalue weighted by molar-refractivity contribution is 0.0348. The van der Waals surface area contributed by atoms with Gasteiger partial charge >= 0.3 is 0 Å². The second kappa shape index (κ2) is 8.40. The Kier molecular flexibility index (Phi) is 6.33. The Hall–Kier alpha value is -1.62. The smallest absolute Gasteiger partial charge is 0.151 e. The number of hydroxylamine groups is 1. The van der Waals surface area contributed by atoms with Crippen LogP contribution >= 0.6 is 0 Å². The number of hydrogen-bond acceptors (Lipinski definition) is 5. The van der Waals surface area contributed by atoms with E-state index in [9.17, 15) is 19.8 Å². The molecule has 3 N–H and O–H groups in total. The van der Waals surface area contributed by atoms with E-state index in [0.717, 1.165) is 27.7 Å². The van der Waals surface area contributed by atoms with Crippen molar-refractivity contribution >= 4 is 11.0 Å². The van der Waals surface area contributed by atoms with Crippen molar-refractivity contribution < 1.29 is 14.5 Å². The molecule has 3 aliphatic rings. The van der Waals surface area contributed by atoms with Gasteiger partial charge in [0.1, 0.15) is 6.23 Å². The van der Waals surface area contributed by atoms with Crippen LogP contribution in [-0.4, -0.2) is 30.5 Å². The number of aliphatic hydroxyl groups is 1. The van der Waals surface area contributed by atoms with E-state index in [1.54, 1.807) is 12.2 Å². The number of rotatable bonds is 6. The topological polar surface area (TPSA) is 96.6 Å². The highest BCUT2D eigenvalue weighted by atomic mass is 32.2. The molecule has 0 amide bonds. The molecular weight excluding hydrogens is 374 g/mol. The molecule has 5 atom stereocenters. The van der Waals surface area contributed by atoms with Gasteiger partial charge in [0.15, 0.2) is 11.0 Å². The van der Waals surface area contributed by atoms with Gasteiger partial charge in [-0.05, 0) is 69.1 Å². The quantitative estimate of drug-likeness (QED) is 0.589. The van der Waals surface area contributed by atoms with Crippen molar-refractivity contribution in [1.82, 2.24) is 9.79 Å². The van der Waals surface area contributed by atoms with Crippen molar-refractivity contribution in [2.75, 3.05) is 0 Å². The average molecular weight is 406 g/mol. The molecule has 2 aliphatic carbocycles. The van der Waals surface area contributed by atoms with Gasteiger partial charge in [0.25, 0.3) is 0 Å². The molecule has 6 nitrogen and oxygen atoms in total. The van der Waals surface area contributed by atoms with Crippen molar-refractivity contribution in [1.29, 1.82) is 5.26 Å². The highest BCUT2D eigenvalue weighted by Gasteiger charge is 2.45. The standard InChI is InChI=1S/C21H31N3O3S/c1-12(2)19-20(18(10-15-5-6-15)14(4)23-21(19)25)28(27)24(26)17-8-13(3)7-16(9-17)11-22/h8-9,12,15-16,19-21,23,25-26H,5-7,10H2,1-4H3. The van der Waals surface area contributed by atoms with E-state index in [1.165, 1.54) is 12.8 Å². The molecule has 7 heteroatoms. The normalized spacial score (nSPS) is 31.6. The Morgan fingerprint density at radius 2 is 2.07 bits per heavy atom. The first-order chi connectivity index (χ1) is 13.2. The molecule has 28 heavy (non-hydrogen) atoms. The van der Waals surface area contributed by atoms with Crippen molar-refractivity contribution in [2.45, 2.75) is 64.9 Å². The van der Waals surface area contributed by atoms with Crippen molar-refractivity contribution in [2.24, 2.45) is 23.7 Å². The van der Waals surface area contributed by atoms with E-state index >= 15 is 0 Å². The molecule has 1 fully saturated rings. The minimum Gasteiger partial charge on any atom is -0.373 e. The predicted octanol–water partition coefficient (Wildman–Crippen LogP) is 3.35. The van der Waals surface area contributed by atoms with E-state index in [0.29, 0.717) is 18.0 Å². The van der Waals surface area contributed by atoms with Crippen molar-refractivity contribution in [3.05, 3.63) is 34.7 Å². The molecule has 0 saturated heterocycles. The van der Waals surface area contributed by atoms with Gasteiger partial charge in [-0.25, -0.2) is 4.21 Å². The molecule has 1 aliphatic heterocycles. The predicted molar refractivity (Wildman–Crippen MR) is 109 cm³/mol. The maximum Gasteiger partial charge on any atom is 0.151 e. The van der Waals surface area contributed by atoms with Gasteiger partial charge < -0.3 is 10.4 Å². The second-order valence-electron chi connectivity index (χ2n) is 8.70. The fraction of sp³-hybridized carbons (Fsp3) is 0.667. The van der Waals surface area contributed by atoms with Gasteiger partial charge in [0.2, 0.25) is 0 Å². The van der Waals surface area contributed by atoms with Crippen molar-refractivity contribution in [3.8, 4) is 6.07 Å². The zero-order valence-electron chi connectivity index (χ0n) is 17.1. The third-order valence-corrected chi connectivity index (χ3v) is 7.55. The van der Waals surface area contributed by atoms with Crippen LogP contribution in [0.25, 0.3) is 0 Å². The van der Waals surface area contributed by atoms with Gasteiger partial charge in [-0.2, -0.15) is 9.73 Å². The summed E-state index contributed by atoms with van der Waals surface area (Å²) in [6, 6.07) is 2.21. The minimum atomic E-state index is -1.78. The summed E-state index contributed by atoms with van der Waals surface area (Å²) in [5.74, 6) is 0.0559. The first kappa shape index (κ1) is 21.1. The monoisotopic (exact) mass is 405 g/mol. The van der Waals surface area contributed by atoms with Crippen LogP contribution in [0.2, 0.25) is 0 Å². The average Bonchev–Trinajstić information content (AvgIpc) is 3.45. The maximum absolute atomic E-state index is 13.6. The fourth-order valence-electron chi connectivity index (χ4n) is 4.28. The number of aliphatic hydroxyl groups excluding tert-OH is 1. The highest BCUT2D eigenvalue weighted by Crippen LogP contribution is 2.43. The molecule has 0 aromatic carbocycles. The van der Waals surface area contributed by atoms with Gasteiger partial charge in [0, 0.05) is 11.6 Å². The summed E-state index contributed by atoms with van der Waals surface area (Å²) in [6.45, 7) is 7.83. The summed E-state index contributed by atoms with van der Waals surface area (Å²) < 4.78 is 14.4. The first-order valence-electron chi connectivity index (χ1n) is 10.1. The second-order valence-corrected chi connectivity index (χ2v) is 10.1. The lowest BCUT2D eigenvalue weighted by atomic mass is 9.82. The Bertz CT molecular complexity index is 776. The Labute approximate surface area is 170 Å². The molecule has 1 saturated carbocycles. The van der Waals surface area contributed by atoms with Crippen LogP contribution in [0.5, 0.6) is 0 Å². The number of nitrogens with one attached hydrogen (secondary N) is 1. The van der Waals surface area contributed by atoms with Crippen molar-refractivity contribution in [3.63, 3.8) is 0 Å². The minimum absolute atomic E-state index is 0.0802. The largest absolute Gasteiger partial charge is 0.373 e. The van der Waals surface area contributed by atoms with Gasteiger partial charge in [-0.15, -0.1) is 0 Å². The van der Waals surface area contributed by atoms with E-state index in [-0.39, 0.29) is 17.8 Å². The molecule has 154 valence electrons. The molecule has 1 heterocycles. The Morgan fingerprint density at radius 3 is 2.64 bits per heavy atom. The summed E-state index contributed by atoms with van der Waals surface area (Å²) in [7, 11) is -1.78. The lowest BCUT2D eigenvalue weighted by Gasteiger charge is -2.42. The summed E-state index contributed by atoms with van der Waals surface area (Å²) in [5.41, 5.74) is 3.27. The number of allylic oxidation sites excluding steroid dienone is 4. The third-order valence-electron chi connectivity index (χ3n) is 5.96. The highest BCUT2D eigenvalue weighted by molar-refractivity contribution is 7.83. The Balaban J connectivity index is 1.95. The molecule has 0 spiro atoms. The van der Waals surface area contributed by atoms with E-state index in [1.807, 2.05) is 27.7 Å². The molecule has 5 unspecified atom stereocenters. The fourth-order valence-corrected chi connectivity index (χ4v) is 6.06. The van der Waals surface area contributed by atoms with Crippen LogP contribution in [-0.2, 0) is 11.0 Å². The van der Waals surface area contributed by atoms with Crippen LogP contribution in [0.1, 0.15) is 53.4 Å². The van der Waals surface area contributed by atoms with Gasteiger partial charge in [-0.3, -0.25) is 5.21 Å². The molecule has 0 aromatic heterocycles. The number of nitrogens with zero attached hydrogens (tertiary/aromatic N) is 2. The lowest BCUT2D eigenvalue weighted by Crippen LogP contribution is -2.53. The van der Waals surface area contributed by atoms with Crippen LogP contribution in [0, 0.1) is 35.0 Å². The molecule has 0 bridgehead atoms. The third kappa shape index (κ3) is 4.35. The van der Waals surface area contributed by atoms with Crippen LogP contribution in [0.15, 0.2) is 34.7 Å². The maximum atomic E-state index is 13.6. The van der Waals surface area contributed by atoms with Gasteiger partial charge in [0.05, 0.1) is 22.9 Å². The van der Waals surface area contributed by atoms with E-state index in [2.05, 4.69) is 11.4 Å². The zero-order chi connectivity index (χ0) is 20.6. The van der Waals surface area contributed by atoms with E-state index in [4.69, 9.17) is 0 Å². The zero-order valence-corrected chi connectivity index (χ0v) is 17.9. The molecular formula is C21H31N3O3S. The van der Waals surface area contributed by atoms with Crippen LogP contribution < -0.4 is 5.32 Å². The summed E-state index contributed by atoms with van der Waals surface area (Å²) in [5, 5.41) is 33.5. The molecule has 0 radical (unpaired) electrons. The van der Waals surface area contributed by atoms with Crippen LogP contribution in [0.3, 0.4) is 0 Å². The SMILES string of the molecule is CC1=CC(N(O)S(=O)C2C(CC3CC3)=C(C)NC(O)C2C(C)C)=CC(C#N)C1.